The Labute approximate surface area is 157 Å². The number of hydrogen-bond donors (Lipinski definition) is 1. The maximum absolute atomic E-state index is 12.3. The highest BCUT2D eigenvalue weighted by Gasteiger charge is 2.12. The molecule has 0 aliphatic heterocycles. The first-order valence-corrected chi connectivity index (χ1v) is 9.03. The molecule has 0 radical (unpaired) electrons. The molecule has 3 rings (SSSR count). The lowest BCUT2D eigenvalue weighted by Crippen LogP contribution is -2.11. The number of ether oxygens (including phenoxy) is 2. The number of aromatic nitrogens is 1. The molecule has 1 N–H and O–H groups in total. The molecule has 0 saturated heterocycles. The lowest BCUT2D eigenvalue weighted by molar-refractivity contribution is 0.102. The molecule has 0 atom stereocenters. The Morgan fingerprint density at radius 3 is 2.72 bits per heavy atom. The van der Waals surface area contributed by atoms with Gasteiger partial charge in [-0.1, -0.05) is 6.07 Å². The topological polar surface area (TPSA) is 60.5 Å². The summed E-state index contributed by atoms with van der Waals surface area (Å²) >= 11 is 4.84. The van der Waals surface area contributed by atoms with Crippen molar-refractivity contribution in [2.45, 2.75) is 0 Å². The summed E-state index contributed by atoms with van der Waals surface area (Å²) in [6, 6.07) is 12.7. The molecule has 5 nitrogen and oxygen atoms in total. The van der Waals surface area contributed by atoms with Gasteiger partial charge in [0, 0.05) is 16.5 Å². The molecule has 1 aromatic heterocycles. The second-order valence-corrected chi connectivity index (χ2v) is 6.79. The average Bonchev–Trinajstić information content (AvgIpc) is 3.10. The van der Waals surface area contributed by atoms with E-state index in [9.17, 15) is 4.79 Å². The molecular formula is C18H15BrN2O3S. The Balaban J connectivity index is 1.77. The maximum atomic E-state index is 12.3. The highest BCUT2D eigenvalue weighted by Crippen LogP contribution is 2.32. The van der Waals surface area contributed by atoms with Gasteiger partial charge in [0.05, 0.1) is 24.4 Å². The summed E-state index contributed by atoms with van der Waals surface area (Å²) in [5.74, 6) is 1.16. The maximum Gasteiger partial charge on any atom is 0.257 e. The Morgan fingerprint density at radius 1 is 1.16 bits per heavy atom. The van der Waals surface area contributed by atoms with Crippen LogP contribution >= 0.6 is 27.3 Å². The van der Waals surface area contributed by atoms with Crippen molar-refractivity contribution in [2.24, 2.45) is 0 Å². The summed E-state index contributed by atoms with van der Waals surface area (Å²) in [5.41, 5.74) is 2.24. The molecule has 128 valence electrons. The first kappa shape index (κ1) is 17.4. The molecule has 1 heterocycles. The van der Waals surface area contributed by atoms with Crippen LogP contribution in [0.3, 0.4) is 0 Å². The van der Waals surface area contributed by atoms with Crippen molar-refractivity contribution >= 4 is 38.3 Å². The van der Waals surface area contributed by atoms with E-state index in [1.807, 2.05) is 23.6 Å². The number of benzene rings is 2. The zero-order valence-corrected chi connectivity index (χ0v) is 16.0. The predicted molar refractivity (Wildman–Crippen MR) is 103 cm³/mol. The highest BCUT2D eigenvalue weighted by atomic mass is 79.9. The molecule has 1 amide bonds. The largest absolute Gasteiger partial charge is 0.497 e. The van der Waals surface area contributed by atoms with Gasteiger partial charge < -0.3 is 9.47 Å². The van der Waals surface area contributed by atoms with Crippen LogP contribution in [0.5, 0.6) is 11.5 Å². The van der Waals surface area contributed by atoms with Crippen LogP contribution in [-0.2, 0) is 0 Å². The van der Waals surface area contributed by atoms with Crippen LogP contribution in [0, 0.1) is 0 Å². The van der Waals surface area contributed by atoms with Crippen LogP contribution < -0.4 is 14.8 Å². The number of amides is 1. The van der Waals surface area contributed by atoms with Crippen molar-refractivity contribution in [3.8, 4) is 22.8 Å². The Bertz CT molecular complexity index is 911. The highest BCUT2D eigenvalue weighted by molar-refractivity contribution is 9.10. The summed E-state index contributed by atoms with van der Waals surface area (Å²) in [6.07, 6.45) is 0. The Morgan fingerprint density at radius 2 is 2.00 bits per heavy atom. The number of thiazole rings is 1. The van der Waals surface area contributed by atoms with Gasteiger partial charge in [0.2, 0.25) is 0 Å². The Kier molecular flexibility index (Phi) is 5.35. The second-order valence-electron chi connectivity index (χ2n) is 5.07. The van der Waals surface area contributed by atoms with Gasteiger partial charge in [-0.05, 0) is 52.3 Å². The molecule has 3 aromatic rings. The average molecular weight is 419 g/mol. The molecule has 0 spiro atoms. The van der Waals surface area contributed by atoms with Crippen LogP contribution in [-0.4, -0.2) is 25.1 Å². The number of halogens is 1. The van der Waals surface area contributed by atoms with Gasteiger partial charge in [-0.2, -0.15) is 0 Å². The van der Waals surface area contributed by atoms with Gasteiger partial charge in [-0.3, -0.25) is 10.1 Å². The van der Waals surface area contributed by atoms with Gasteiger partial charge in [0.15, 0.2) is 5.13 Å². The third-order valence-electron chi connectivity index (χ3n) is 3.50. The van der Waals surface area contributed by atoms with Gasteiger partial charge in [0.1, 0.15) is 11.5 Å². The minimum absolute atomic E-state index is 0.226. The fraction of sp³-hybridized carbons (Fsp3) is 0.111. The first-order chi connectivity index (χ1) is 12.1. The van der Waals surface area contributed by atoms with Crippen molar-refractivity contribution in [3.63, 3.8) is 0 Å². The third kappa shape index (κ3) is 4.00. The fourth-order valence-electron chi connectivity index (χ4n) is 2.22. The summed E-state index contributed by atoms with van der Waals surface area (Å²) in [4.78, 5) is 16.8. The molecule has 7 heteroatoms. The number of nitrogens with zero attached hydrogens (tertiary/aromatic N) is 1. The molecule has 25 heavy (non-hydrogen) atoms. The first-order valence-electron chi connectivity index (χ1n) is 7.35. The standard InChI is InChI=1S/C18H15BrN2O3S/c1-23-13-5-3-4-12(8-13)17(22)21-18-20-15(10-25-18)11-6-7-16(24-2)14(19)9-11/h3-10H,1-2H3,(H,20,21,22). The summed E-state index contributed by atoms with van der Waals surface area (Å²) in [6.45, 7) is 0. The zero-order valence-electron chi connectivity index (χ0n) is 13.6. The molecule has 2 aromatic carbocycles. The summed E-state index contributed by atoms with van der Waals surface area (Å²) < 4.78 is 11.2. The number of methoxy groups -OCH3 is 2. The predicted octanol–water partition coefficient (Wildman–Crippen LogP) is 4.84. The van der Waals surface area contributed by atoms with Crippen molar-refractivity contribution < 1.29 is 14.3 Å². The van der Waals surface area contributed by atoms with E-state index in [1.165, 1.54) is 11.3 Å². The molecular weight excluding hydrogens is 404 g/mol. The lowest BCUT2D eigenvalue weighted by atomic mass is 10.2. The SMILES string of the molecule is COc1cccc(C(=O)Nc2nc(-c3ccc(OC)c(Br)c3)cs2)c1. The monoisotopic (exact) mass is 418 g/mol. The van der Waals surface area contributed by atoms with Gasteiger partial charge >= 0.3 is 0 Å². The minimum atomic E-state index is -0.226. The molecule has 0 unspecified atom stereocenters. The fourth-order valence-corrected chi connectivity index (χ4v) is 3.48. The smallest absolute Gasteiger partial charge is 0.257 e. The van der Waals surface area contributed by atoms with Crippen molar-refractivity contribution in [1.82, 2.24) is 4.98 Å². The van der Waals surface area contributed by atoms with Crippen LogP contribution in [0.2, 0.25) is 0 Å². The number of carbonyl (C=O) groups excluding carboxylic acids is 1. The molecule has 0 fully saturated rings. The number of carbonyl (C=O) groups is 1. The van der Waals surface area contributed by atoms with E-state index < -0.39 is 0 Å². The van der Waals surface area contributed by atoms with E-state index in [0.717, 1.165) is 21.5 Å². The number of rotatable bonds is 5. The molecule has 0 aliphatic rings. The van der Waals surface area contributed by atoms with Crippen LogP contribution in [0.25, 0.3) is 11.3 Å². The molecule has 0 saturated carbocycles. The van der Waals surface area contributed by atoms with Gasteiger partial charge in [0.25, 0.3) is 5.91 Å². The normalized spacial score (nSPS) is 10.4. The molecule has 0 aliphatic carbocycles. The third-order valence-corrected chi connectivity index (χ3v) is 4.88. The van der Waals surface area contributed by atoms with Crippen molar-refractivity contribution in [1.29, 1.82) is 0 Å². The minimum Gasteiger partial charge on any atom is -0.497 e. The number of nitrogens with one attached hydrogen (secondary N) is 1. The van der Waals surface area contributed by atoms with E-state index in [2.05, 4.69) is 26.2 Å². The van der Waals surface area contributed by atoms with E-state index in [-0.39, 0.29) is 5.91 Å². The molecule has 0 bridgehead atoms. The quantitative estimate of drug-likeness (QED) is 0.643. The zero-order chi connectivity index (χ0) is 17.8. The van der Waals surface area contributed by atoms with Crippen LogP contribution in [0.1, 0.15) is 10.4 Å². The van der Waals surface area contributed by atoms with E-state index in [0.29, 0.717) is 16.4 Å². The van der Waals surface area contributed by atoms with Crippen LogP contribution in [0.15, 0.2) is 52.3 Å². The number of hydrogen-bond acceptors (Lipinski definition) is 5. The lowest BCUT2D eigenvalue weighted by Gasteiger charge is -2.05. The number of anilines is 1. The van der Waals surface area contributed by atoms with E-state index >= 15 is 0 Å². The van der Waals surface area contributed by atoms with Gasteiger partial charge in [-0.15, -0.1) is 11.3 Å². The van der Waals surface area contributed by atoms with E-state index in [4.69, 9.17) is 9.47 Å². The van der Waals surface area contributed by atoms with Crippen molar-refractivity contribution in [3.05, 3.63) is 57.9 Å². The van der Waals surface area contributed by atoms with Crippen molar-refractivity contribution in [2.75, 3.05) is 19.5 Å². The van der Waals surface area contributed by atoms with E-state index in [1.54, 1.807) is 38.5 Å². The van der Waals surface area contributed by atoms with Gasteiger partial charge in [-0.25, -0.2) is 4.98 Å². The van der Waals surface area contributed by atoms with Crippen LogP contribution in [0.4, 0.5) is 5.13 Å². The second kappa shape index (κ2) is 7.67. The summed E-state index contributed by atoms with van der Waals surface area (Å²) in [5, 5.41) is 5.25. The Hall–Kier alpha value is -2.38. The summed E-state index contributed by atoms with van der Waals surface area (Å²) in [7, 11) is 3.19.